The van der Waals surface area contributed by atoms with Gasteiger partial charge in [0.25, 0.3) is 0 Å². The number of nitrogens with zero attached hydrogens (tertiary/aromatic N) is 1. The summed E-state index contributed by atoms with van der Waals surface area (Å²) in [5.74, 6) is -0.331. The van der Waals surface area contributed by atoms with Crippen molar-refractivity contribution in [2.45, 2.75) is 39.0 Å². The fourth-order valence-electron chi connectivity index (χ4n) is 2.70. The molecule has 1 rings (SSSR count). The van der Waals surface area contributed by atoms with E-state index in [0.717, 1.165) is 12.8 Å². The zero-order valence-electron chi connectivity index (χ0n) is 14.3. The van der Waals surface area contributed by atoms with E-state index in [1.54, 1.807) is 7.11 Å². The largest absolute Gasteiger partial charge is 0.463 e. The predicted molar refractivity (Wildman–Crippen MR) is 89.8 cm³/mol. The Hall–Kier alpha value is -1.86. The molecule has 4 heteroatoms. The molecule has 0 aliphatic carbocycles. The maximum Gasteiger partial charge on any atom is 0.308 e. The maximum atomic E-state index is 11.9. The normalized spacial score (nSPS) is 14.5. The van der Waals surface area contributed by atoms with E-state index in [2.05, 4.69) is 25.1 Å². The Kier molecular flexibility index (Phi) is 9.01. The number of carbonyl (C=O) groups is 1. The molecule has 126 valence electrons. The number of hydrogen-bond acceptors (Lipinski definition) is 4. The van der Waals surface area contributed by atoms with Crippen molar-refractivity contribution in [3.8, 4) is 6.07 Å². The lowest BCUT2D eigenvalue weighted by molar-refractivity contribution is -0.149. The molecule has 0 aliphatic heterocycles. The molecule has 1 aromatic carbocycles. The molecule has 3 atom stereocenters. The van der Waals surface area contributed by atoms with E-state index in [9.17, 15) is 10.1 Å². The molecule has 0 saturated carbocycles. The summed E-state index contributed by atoms with van der Waals surface area (Å²) >= 11 is 0. The van der Waals surface area contributed by atoms with Gasteiger partial charge in [-0.05, 0) is 30.7 Å². The summed E-state index contributed by atoms with van der Waals surface area (Å²) in [5.41, 5.74) is 1.26. The van der Waals surface area contributed by atoms with Crippen LogP contribution in [0.5, 0.6) is 0 Å². The number of ether oxygens (including phenoxy) is 2. The average Bonchev–Trinajstić information content (AvgIpc) is 2.59. The molecule has 0 aliphatic rings. The Morgan fingerprint density at radius 1 is 1.22 bits per heavy atom. The van der Waals surface area contributed by atoms with Crippen LogP contribution in [0, 0.1) is 23.2 Å². The van der Waals surface area contributed by atoms with E-state index >= 15 is 0 Å². The number of benzene rings is 1. The van der Waals surface area contributed by atoms with Crippen molar-refractivity contribution in [3.05, 3.63) is 35.9 Å². The van der Waals surface area contributed by atoms with Crippen LogP contribution in [-0.4, -0.2) is 26.3 Å². The molecule has 0 spiro atoms. The molecule has 0 heterocycles. The number of carbonyl (C=O) groups excluding carboxylic acids is 1. The molecule has 0 saturated heterocycles. The van der Waals surface area contributed by atoms with Crippen LogP contribution in [0.3, 0.4) is 0 Å². The zero-order valence-corrected chi connectivity index (χ0v) is 14.3. The van der Waals surface area contributed by atoms with Gasteiger partial charge in [0, 0.05) is 13.0 Å². The Bertz CT molecular complexity index is 495. The summed E-state index contributed by atoms with van der Waals surface area (Å²) in [7, 11) is 1.57. The van der Waals surface area contributed by atoms with Gasteiger partial charge >= 0.3 is 5.97 Å². The van der Waals surface area contributed by atoms with Crippen LogP contribution in [0.25, 0.3) is 0 Å². The van der Waals surface area contributed by atoms with Crippen LogP contribution in [0.4, 0.5) is 0 Å². The third-order valence-corrected chi connectivity index (χ3v) is 4.09. The van der Waals surface area contributed by atoms with Crippen LogP contribution in [-0.2, 0) is 14.3 Å². The zero-order chi connectivity index (χ0) is 17.1. The first-order valence-electron chi connectivity index (χ1n) is 8.22. The highest BCUT2D eigenvalue weighted by atomic mass is 16.6. The van der Waals surface area contributed by atoms with Crippen LogP contribution < -0.4 is 0 Å². The highest BCUT2D eigenvalue weighted by Crippen LogP contribution is 2.29. The van der Waals surface area contributed by atoms with Crippen molar-refractivity contribution in [1.82, 2.24) is 0 Å². The highest BCUT2D eigenvalue weighted by molar-refractivity contribution is 5.72. The van der Waals surface area contributed by atoms with Crippen LogP contribution in [0.1, 0.15) is 44.6 Å². The minimum Gasteiger partial charge on any atom is -0.463 e. The lowest BCUT2D eigenvalue weighted by Gasteiger charge is -2.20. The van der Waals surface area contributed by atoms with Crippen molar-refractivity contribution in [1.29, 1.82) is 5.26 Å². The fourth-order valence-corrected chi connectivity index (χ4v) is 2.70. The molecule has 4 nitrogen and oxygen atoms in total. The van der Waals surface area contributed by atoms with Crippen LogP contribution in [0.2, 0.25) is 0 Å². The Labute approximate surface area is 139 Å². The van der Waals surface area contributed by atoms with Crippen molar-refractivity contribution in [2.75, 3.05) is 20.3 Å². The summed E-state index contributed by atoms with van der Waals surface area (Å²) in [6.07, 6.45) is 2.28. The minimum absolute atomic E-state index is 0.148. The van der Waals surface area contributed by atoms with Gasteiger partial charge in [0.05, 0.1) is 18.6 Å². The maximum absolute atomic E-state index is 11.9. The van der Waals surface area contributed by atoms with Gasteiger partial charge < -0.3 is 9.47 Å². The summed E-state index contributed by atoms with van der Waals surface area (Å²) in [6.45, 7) is 4.61. The fraction of sp³-hybridized carbons (Fsp3) is 0.579. The van der Waals surface area contributed by atoms with Crippen molar-refractivity contribution in [3.63, 3.8) is 0 Å². The highest BCUT2D eigenvalue weighted by Gasteiger charge is 2.23. The second-order valence-electron chi connectivity index (χ2n) is 5.87. The molecule has 1 aromatic rings. The van der Waals surface area contributed by atoms with E-state index in [-0.39, 0.29) is 24.4 Å². The predicted octanol–water partition coefficient (Wildman–Crippen LogP) is 3.93. The lowest BCUT2D eigenvalue weighted by atomic mass is 9.84. The smallest absolute Gasteiger partial charge is 0.308 e. The number of rotatable bonds is 10. The standard InChI is InChI=1S/C19H27NO3/c1-4-17(18-8-6-5-7-9-18)13-16(14-20)12-15(2)19(21)23-11-10-22-3/h5-9,15-17H,4,10-13H2,1-3H3. The van der Waals surface area contributed by atoms with Gasteiger partial charge in [-0.25, -0.2) is 0 Å². The molecular formula is C19H27NO3. The molecule has 0 fully saturated rings. The summed E-state index contributed by atoms with van der Waals surface area (Å²) in [4.78, 5) is 11.9. The van der Waals surface area contributed by atoms with Gasteiger partial charge in [0.1, 0.15) is 6.61 Å². The molecule has 0 N–H and O–H groups in total. The van der Waals surface area contributed by atoms with E-state index in [1.165, 1.54) is 5.56 Å². The summed E-state index contributed by atoms with van der Waals surface area (Å²) < 4.78 is 9.99. The molecule has 0 amide bonds. The Balaban J connectivity index is 2.56. The quantitative estimate of drug-likeness (QED) is 0.484. The topological polar surface area (TPSA) is 59.3 Å². The third kappa shape index (κ3) is 6.83. The van der Waals surface area contributed by atoms with Crippen molar-refractivity contribution >= 4 is 5.97 Å². The molecule has 0 bridgehead atoms. The average molecular weight is 317 g/mol. The van der Waals surface area contributed by atoms with Gasteiger partial charge in [0.2, 0.25) is 0 Å². The number of esters is 1. The van der Waals surface area contributed by atoms with Crippen LogP contribution in [0.15, 0.2) is 30.3 Å². The van der Waals surface area contributed by atoms with E-state index in [4.69, 9.17) is 9.47 Å². The molecule has 0 radical (unpaired) electrons. The first-order valence-corrected chi connectivity index (χ1v) is 8.22. The first kappa shape index (κ1) is 19.2. The van der Waals surface area contributed by atoms with Crippen LogP contribution >= 0.6 is 0 Å². The summed E-state index contributed by atoms with van der Waals surface area (Å²) in [5, 5.41) is 9.44. The first-order chi connectivity index (χ1) is 11.1. The molecule has 0 aromatic heterocycles. The minimum atomic E-state index is -0.273. The lowest BCUT2D eigenvalue weighted by Crippen LogP contribution is -2.20. The SMILES string of the molecule is CCC(CC(C#N)CC(C)C(=O)OCCOC)c1ccccc1. The number of nitriles is 1. The molecule has 23 heavy (non-hydrogen) atoms. The molecule has 3 unspecified atom stereocenters. The second kappa shape index (κ2) is 10.8. The Morgan fingerprint density at radius 3 is 2.48 bits per heavy atom. The van der Waals surface area contributed by atoms with Gasteiger partial charge in [-0.15, -0.1) is 0 Å². The summed E-state index contributed by atoms with van der Waals surface area (Å²) in [6, 6.07) is 12.6. The van der Waals surface area contributed by atoms with Gasteiger partial charge in [-0.2, -0.15) is 5.26 Å². The van der Waals surface area contributed by atoms with E-state index < -0.39 is 0 Å². The second-order valence-corrected chi connectivity index (χ2v) is 5.87. The molecular weight excluding hydrogens is 290 g/mol. The van der Waals surface area contributed by atoms with E-state index in [1.807, 2.05) is 25.1 Å². The van der Waals surface area contributed by atoms with E-state index in [0.29, 0.717) is 18.9 Å². The number of methoxy groups -OCH3 is 1. The van der Waals surface area contributed by atoms with Crippen molar-refractivity contribution < 1.29 is 14.3 Å². The monoisotopic (exact) mass is 317 g/mol. The van der Waals surface area contributed by atoms with Crippen molar-refractivity contribution in [2.24, 2.45) is 11.8 Å². The van der Waals surface area contributed by atoms with Gasteiger partial charge in [-0.3, -0.25) is 4.79 Å². The van der Waals surface area contributed by atoms with Gasteiger partial charge in [0.15, 0.2) is 0 Å². The number of hydrogen-bond donors (Lipinski definition) is 0. The Morgan fingerprint density at radius 2 is 1.91 bits per heavy atom. The van der Waals surface area contributed by atoms with Gasteiger partial charge in [-0.1, -0.05) is 44.2 Å². The third-order valence-electron chi connectivity index (χ3n) is 4.09.